The number of nitro groups is 1. The van der Waals surface area contributed by atoms with Crippen LogP contribution in [0, 0.1) is 21.4 Å². The average molecular weight is 276 g/mol. The summed E-state index contributed by atoms with van der Waals surface area (Å²) in [5.74, 6) is -0.376. The normalized spacial score (nSPS) is 11.4. The number of amides is 1. The molecule has 7 heteroatoms. The number of carbonyl (C=O) groups excluding carboxylic acids is 1. The lowest BCUT2D eigenvalue weighted by Gasteiger charge is -2.10. The number of anilines is 1. The predicted molar refractivity (Wildman–Crippen MR) is 73.9 cm³/mol. The molecule has 1 aromatic carbocycles. The third kappa shape index (κ3) is 4.33. The number of nitrogens with zero attached hydrogens (tertiary/aromatic N) is 2. The fraction of sp³-hybridized carbons (Fsp3) is 0.385. The van der Waals surface area contributed by atoms with Crippen molar-refractivity contribution in [1.29, 1.82) is 5.26 Å². The fourth-order valence-corrected chi connectivity index (χ4v) is 1.77. The van der Waals surface area contributed by atoms with Gasteiger partial charge in [0, 0.05) is 18.5 Å². The van der Waals surface area contributed by atoms with Gasteiger partial charge in [0.25, 0.3) is 5.69 Å². The fourth-order valence-electron chi connectivity index (χ4n) is 1.77. The van der Waals surface area contributed by atoms with Gasteiger partial charge in [0.05, 0.1) is 16.6 Å². The van der Waals surface area contributed by atoms with Crippen LogP contribution in [0.3, 0.4) is 0 Å². The van der Waals surface area contributed by atoms with E-state index in [0.29, 0.717) is 6.42 Å². The maximum atomic E-state index is 11.7. The number of hydrogen-bond acceptors (Lipinski definition) is 5. The van der Waals surface area contributed by atoms with Crippen LogP contribution in [0.1, 0.15) is 31.7 Å². The second kappa shape index (κ2) is 7.21. The quantitative estimate of drug-likeness (QED) is 0.607. The van der Waals surface area contributed by atoms with E-state index >= 15 is 0 Å². The van der Waals surface area contributed by atoms with Crippen molar-refractivity contribution >= 4 is 17.3 Å². The zero-order valence-electron chi connectivity index (χ0n) is 11.1. The minimum absolute atomic E-state index is 0.0719. The molecular formula is C13H16N4O3. The van der Waals surface area contributed by atoms with Crippen LogP contribution in [-0.4, -0.2) is 16.9 Å². The van der Waals surface area contributed by atoms with Crippen molar-refractivity contribution < 1.29 is 9.72 Å². The maximum Gasteiger partial charge on any atom is 0.294 e. The minimum Gasteiger partial charge on any atom is -0.327 e. The molecule has 0 aliphatic carbocycles. The molecule has 3 N–H and O–H groups in total. The highest BCUT2D eigenvalue weighted by Crippen LogP contribution is 2.25. The van der Waals surface area contributed by atoms with Crippen LogP contribution in [0.15, 0.2) is 18.2 Å². The number of benzene rings is 1. The predicted octanol–water partition coefficient (Wildman–Crippen LogP) is 1.92. The van der Waals surface area contributed by atoms with Crippen molar-refractivity contribution in [2.24, 2.45) is 5.73 Å². The minimum atomic E-state index is -0.636. The monoisotopic (exact) mass is 276 g/mol. The summed E-state index contributed by atoms with van der Waals surface area (Å²) in [5.41, 5.74) is 5.68. The van der Waals surface area contributed by atoms with Gasteiger partial charge in [-0.25, -0.2) is 0 Å². The number of nitrogens with two attached hydrogens (primary N) is 1. The van der Waals surface area contributed by atoms with Gasteiger partial charge in [-0.1, -0.05) is 13.3 Å². The van der Waals surface area contributed by atoms with E-state index in [4.69, 9.17) is 11.0 Å². The summed E-state index contributed by atoms with van der Waals surface area (Å²) < 4.78 is 0. The van der Waals surface area contributed by atoms with Crippen molar-refractivity contribution in [3.63, 3.8) is 0 Å². The average Bonchev–Trinajstić information content (AvgIpc) is 2.38. The van der Waals surface area contributed by atoms with Crippen LogP contribution < -0.4 is 11.1 Å². The van der Waals surface area contributed by atoms with Gasteiger partial charge in [0.2, 0.25) is 5.91 Å². The Bertz CT molecular complexity index is 551. The smallest absolute Gasteiger partial charge is 0.294 e. The third-order valence-corrected chi connectivity index (χ3v) is 2.70. The van der Waals surface area contributed by atoms with Crippen molar-refractivity contribution in [2.75, 3.05) is 5.32 Å². The Hall–Kier alpha value is -2.46. The first-order valence-corrected chi connectivity index (χ1v) is 6.22. The standard InChI is InChI=1S/C13H16N4O3/c1-2-3-10(15)7-13(18)16-11-5-4-9(8-14)6-12(11)17(19)20/h4-6,10H,2-3,7,15H2,1H3,(H,16,18). The first-order chi connectivity index (χ1) is 9.47. The SMILES string of the molecule is CCCC(N)CC(=O)Nc1ccc(C#N)cc1[N+](=O)[O-]. The van der Waals surface area contributed by atoms with Gasteiger partial charge in [-0.15, -0.1) is 0 Å². The molecule has 0 aliphatic heterocycles. The second-order valence-corrected chi connectivity index (χ2v) is 4.40. The lowest BCUT2D eigenvalue weighted by Crippen LogP contribution is -2.27. The molecule has 0 aromatic heterocycles. The molecule has 20 heavy (non-hydrogen) atoms. The number of nitrogens with one attached hydrogen (secondary N) is 1. The lowest BCUT2D eigenvalue weighted by molar-refractivity contribution is -0.383. The maximum absolute atomic E-state index is 11.7. The Balaban J connectivity index is 2.84. The van der Waals surface area contributed by atoms with Gasteiger partial charge >= 0.3 is 0 Å². The number of rotatable bonds is 6. The Morgan fingerprint density at radius 3 is 2.85 bits per heavy atom. The summed E-state index contributed by atoms with van der Waals surface area (Å²) >= 11 is 0. The molecule has 0 aliphatic rings. The highest BCUT2D eigenvalue weighted by molar-refractivity contribution is 5.93. The first-order valence-electron chi connectivity index (χ1n) is 6.22. The summed E-state index contributed by atoms with van der Waals surface area (Å²) in [7, 11) is 0. The van der Waals surface area contributed by atoms with E-state index in [-0.39, 0.29) is 35.3 Å². The Morgan fingerprint density at radius 2 is 2.30 bits per heavy atom. The highest BCUT2D eigenvalue weighted by atomic mass is 16.6. The van der Waals surface area contributed by atoms with E-state index in [1.807, 2.05) is 13.0 Å². The largest absolute Gasteiger partial charge is 0.327 e. The Kier molecular flexibility index (Phi) is 5.62. The van der Waals surface area contributed by atoms with E-state index < -0.39 is 4.92 Å². The van der Waals surface area contributed by atoms with Crippen LogP contribution in [0.25, 0.3) is 0 Å². The molecule has 1 aromatic rings. The van der Waals surface area contributed by atoms with E-state index in [0.717, 1.165) is 12.5 Å². The zero-order valence-corrected chi connectivity index (χ0v) is 11.1. The van der Waals surface area contributed by atoms with Gasteiger partial charge in [-0.3, -0.25) is 14.9 Å². The molecule has 7 nitrogen and oxygen atoms in total. The van der Waals surface area contributed by atoms with Crippen molar-refractivity contribution in [3.8, 4) is 6.07 Å². The molecule has 1 unspecified atom stereocenters. The molecule has 1 atom stereocenters. The Labute approximate surface area is 116 Å². The van der Waals surface area contributed by atoms with E-state index in [1.165, 1.54) is 12.1 Å². The molecule has 0 heterocycles. The van der Waals surface area contributed by atoms with Crippen molar-refractivity contribution in [2.45, 2.75) is 32.2 Å². The first kappa shape index (κ1) is 15.6. The molecular weight excluding hydrogens is 260 g/mol. The summed E-state index contributed by atoms with van der Waals surface area (Å²) in [6.07, 6.45) is 1.68. The van der Waals surface area contributed by atoms with Crippen LogP contribution in [0.2, 0.25) is 0 Å². The molecule has 0 fully saturated rings. The van der Waals surface area contributed by atoms with Gasteiger partial charge < -0.3 is 11.1 Å². The third-order valence-electron chi connectivity index (χ3n) is 2.70. The molecule has 106 valence electrons. The van der Waals surface area contributed by atoms with Gasteiger partial charge in [0.15, 0.2) is 0 Å². The Morgan fingerprint density at radius 1 is 1.60 bits per heavy atom. The molecule has 1 rings (SSSR count). The van der Waals surface area contributed by atoms with Crippen LogP contribution in [0.4, 0.5) is 11.4 Å². The van der Waals surface area contributed by atoms with Crippen LogP contribution in [-0.2, 0) is 4.79 Å². The topological polar surface area (TPSA) is 122 Å². The summed E-state index contributed by atoms with van der Waals surface area (Å²) in [5, 5.41) is 22.1. The molecule has 0 bridgehead atoms. The van der Waals surface area contributed by atoms with Gasteiger partial charge in [-0.2, -0.15) is 5.26 Å². The summed E-state index contributed by atoms with van der Waals surface area (Å²) in [6.45, 7) is 1.96. The van der Waals surface area contributed by atoms with Crippen molar-refractivity contribution in [3.05, 3.63) is 33.9 Å². The summed E-state index contributed by atoms with van der Waals surface area (Å²) in [4.78, 5) is 22.0. The number of nitriles is 1. The highest BCUT2D eigenvalue weighted by Gasteiger charge is 2.17. The van der Waals surface area contributed by atoms with Gasteiger partial charge in [0.1, 0.15) is 5.69 Å². The number of carbonyl (C=O) groups is 1. The molecule has 0 saturated carbocycles. The van der Waals surface area contributed by atoms with Crippen molar-refractivity contribution in [1.82, 2.24) is 0 Å². The summed E-state index contributed by atoms with van der Waals surface area (Å²) in [6, 6.07) is 5.43. The molecule has 1 amide bonds. The van der Waals surface area contributed by atoms with Gasteiger partial charge in [-0.05, 0) is 18.6 Å². The second-order valence-electron chi connectivity index (χ2n) is 4.40. The van der Waals surface area contributed by atoms with E-state index in [2.05, 4.69) is 5.32 Å². The number of hydrogen-bond donors (Lipinski definition) is 2. The van der Waals surface area contributed by atoms with E-state index in [1.54, 1.807) is 0 Å². The van der Waals surface area contributed by atoms with E-state index in [9.17, 15) is 14.9 Å². The number of nitro benzene ring substituents is 1. The molecule has 0 spiro atoms. The van der Waals surface area contributed by atoms with Crippen LogP contribution in [0.5, 0.6) is 0 Å². The molecule has 0 radical (unpaired) electrons. The molecule has 0 saturated heterocycles. The zero-order chi connectivity index (χ0) is 15.1. The lowest BCUT2D eigenvalue weighted by atomic mass is 10.1. The van der Waals surface area contributed by atoms with Crippen LogP contribution >= 0.6 is 0 Å².